The number of fused-ring (bicyclic) bond motifs is 1. The zero-order valence-corrected chi connectivity index (χ0v) is 23.3. The van der Waals surface area contributed by atoms with Crippen molar-refractivity contribution in [2.45, 2.75) is 69.7 Å². The fraction of sp³-hybridized carbons (Fsp3) is 0.577. The number of aromatic nitrogens is 3. The normalized spacial score (nSPS) is 27.2. The average molecular weight is 560 g/mol. The largest absolute Gasteiger partial charge is 0.350 e. The van der Waals surface area contributed by atoms with Crippen LogP contribution in [0.3, 0.4) is 0 Å². The standard InChI is InChI=1S/C26H31F2N7O3S/c1-15-12-34(24(36)26(5)6-7-39(26,37)38)16(2)11-33(15)22-20-23(32-14-31-22)35(13-25(20,3)4)19-8-18(21(27)28)17(9-29)10-30-19/h8,10,14-16,21H,6-7,11-13H2,1-5H3/t15-,16+,26+/m0/s1. The molecule has 0 saturated carbocycles. The van der Waals surface area contributed by atoms with Gasteiger partial charge in [0, 0.05) is 54.5 Å². The lowest BCUT2D eigenvalue weighted by Gasteiger charge is -2.49. The molecule has 0 aromatic carbocycles. The molecule has 3 aliphatic rings. The van der Waals surface area contributed by atoms with Crippen molar-refractivity contribution in [3.8, 4) is 6.07 Å². The number of rotatable bonds is 4. The second-order valence-corrected chi connectivity index (χ2v) is 14.1. The summed E-state index contributed by atoms with van der Waals surface area (Å²) in [5, 5.41) is 9.21. The number of nitrogens with zero attached hydrogens (tertiary/aromatic N) is 7. The number of alkyl halides is 2. The first-order chi connectivity index (χ1) is 18.2. The highest BCUT2D eigenvalue weighted by molar-refractivity contribution is 7.95. The van der Waals surface area contributed by atoms with Gasteiger partial charge in [0.2, 0.25) is 5.91 Å². The van der Waals surface area contributed by atoms with Crippen LogP contribution >= 0.6 is 0 Å². The molecular weight excluding hydrogens is 528 g/mol. The maximum atomic E-state index is 13.7. The summed E-state index contributed by atoms with van der Waals surface area (Å²) in [5.74, 6) is 1.18. The Morgan fingerprint density at radius 3 is 2.41 bits per heavy atom. The fourth-order valence-corrected chi connectivity index (χ4v) is 7.37. The van der Waals surface area contributed by atoms with Crippen LogP contribution in [-0.2, 0) is 20.0 Å². The minimum atomic E-state index is -3.45. The smallest absolute Gasteiger partial charge is 0.265 e. The third-order valence-electron chi connectivity index (χ3n) is 8.35. The SMILES string of the molecule is C[C@@H]1CN(c2ncnc3c2C(C)(C)CN3c2cc(C(F)F)c(C#N)cn2)[C@@H](C)CN1C(=O)[C@@]1(C)CCS1(=O)=O. The minimum Gasteiger partial charge on any atom is -0.350 e. The van der Waals surface area contributed by atoms with Crippen molar-refractivity contribution in [2.24, 2.45) is 0 Å². The summed E-state index contributed by atoms with van der Waals surface area (Å²) in [6.07, 6.45) is 0.0929. The molecule has 2 saturated heterocycles. The lowest BCUT2D eigenvalue weighted by atomic mass is 9.87. The summed E-state index contributed by atoms with van der Waals surface area (Å²) < 4.78 is 50.7. The monoisotopic (exact) mass is 559 g/mol. The van der Waals surface area contributed by atoms with E-state index >= 15 is 0 Å². The Morgan fingerprint density at radius 2 is 1.82 bits per heavy atom. The molecule has 0 aliphatic carbocycles. The van der Waals surface area contributed by atoms with Gasteiger partial charge in [0.05, 0.1) is 11.3 Å². The third kappa shape index (κ3) is 4.11. The molecule has 3 atom stereocenters. The Labute approximate surface area is 226 Å². The number of hydrogen-bond donors (Lipinski definition) is 0. The van der Waals surface area contributed by atoms with E-state index in [0.29, 0.717) is 37.7 Å². The molecule has 0 radical (unpaired) electrons. The number of halogens is 2. The summed E-state index contributed by atoms with van der Waals surface area (Å²) >= 11 is 0. The maximum Gasteiger partial charge on any atom is 0.265 e. The Hall–Kier alpha value is -3.40. The molecule has 2 aromatic heterocycles. The van der Waals surface area contributed by atoms with Crippen molar-refractivity contribution in [1.82, 2.24) is 19.9 Å². The van der Waals surface area contributed by atoms with Crippen LogP contribution in [-0.4, -0.2) is 76.4 Å². The molecular formula is C26H31F2N7O3S. The van der Waals surface area contributed by atoms with E-state index < -0.39 is 26.4 Å². The van der Waals surface area contributed by atoms with Crippen molar-refractivity contribution in [1.29, 1.82) is 5.26 Å². The molecule has 208 valence electrons. The summed E-state index contributed by atoms with van der Waals surface area (Å²) in [4.78, 5) is 32.3. The summed E-state index contributed by atoms with van der Waals surface area (Å²) in [5.41, 5.74) is -0.194. The molecule has 3 aliphatic heterocycles. The molecule has 0 bridgehead atoms. The first-order valence-electron chi connectivity index (χ1n) is 12.8. The van der Waals surface area contributed by atoms with Crippen molar-refractivity contribution >= 4 is 33.2 Å². The topological polar surface area (TPSA) is 123 Å². The van der Waals surface area contributed by atoms with Crippen LogP contribution in [0.1, 0.15) is 64.2 Å². The summed E-state index contributed by atoms with van der Waals surface area (Å²) in [7, 11) is -3.45. The van der Waals surface area contributed by atoms with E-state index in [-0.39, 0.29) is 40.7 Å². The van der Waals surface area contributed by atoms with Gasteiger partial charge in [0.15, 0.2) is 9.84 Å². The third-order valence-corrected chi connectivity index (χ3v) is 10.8. The first kappa shape index (κ1) is 27.2. The van der Waals surface area contributed by atoms with Gasteiger partial charge in [0.25, 0.3) is 6.43 Å². The molecule has 13 heteroatoms. The minimum absolute atomic E-state index is 0.0324. The van der Waals surface area contributed by atoms with E-state index in [1.54, 1.807) is 15.9 Å². The van der Waals surface area contributed by atoms with Crippen LogP contribution in [0.15, 0.2) is 18.6 Å². The van der Waals surface area contributed by atoms with Crippen LogP contribution in [0, 0.1) is 11.3 Å². The van der Waals surface area contributed by atoms with Crippen molar-refractivity contribution in [2.75, 3.05) is 35.2 Å². The molecule has 5 rings (SSSR count). The predicted octanol–water partition coefficient (Wildman–Crippen LogP) is 3.11. The highest BCUT2D eigenvalue weighted by Crippen LogP contribution is 2.47. The molecule has 0 unspecified atom stereocenters. The van der Waals surface area contributed by atoms with Crippen molar-refractivity contribution in [3.63, 3.8) is 0 Å². The Bertz CT molecular complexity index is 1490. The number of sulfone groups is 1. The molecule has 0 spiro atoms. The van der Waals surface area contributed by atoms with E-state index in [4.69, 9.17) is 0 Å². The second-order valence-electron chi connectivity index (χ2n) is 11.5. The number of carbonyl (C=O) groups excluding carboxylic acids is 1. The van der Waals surface area contributed by atoms with Gasteiger partial charge in [-0.1, -0.05) is 13.8 Å². The van der Waals surface area contributed by atoms with Crippen molar-refractivity contribution < 1.29 is 22.0 Å². The summed E-state index contributed by atoms with van der Waals surface area (Å²) in [6.45, 7) is 10.6. The van der Waals surface area contributed by atoms with Crippen LogP contribution in [0.25, 0.3) is 0 Å². The first-order valence-corrected chi connectivity index (χ1v) is 14.5. The summed E-state index contributed by atoms with van der Waals surface area (Å²) in [6, 6.07) is 2.58. The Balaban J connectivity index is 1.48. The lowest BCUT2D eigenvalue weighted by Crippen LogP contribution is -2.66. The number of pyridine rings is 1. The molecule has 10 nitrogen and oxygen atoms in total. The Kier molecular flexibility index (Phi) is 6.33. The number of anilines is 3. The van der Waals surface area contributed by atoms with E-state index in [1.807, 2.05) is 27.7 Å². The van der Waals surface area contributed by atoms with Crippen LogP contribution < -0.4 is 9.80 Å². The second kappa shape index (κ2) is 9.08. The molecule has 1 amide bonds. The van der Waals surface area contributed by atoms with Gasteiger partial charge < -0.3 is 14.7 Å². The Morgan fingerprint density at radius 1 is 1.13 bits per heavy atom. The number of hydrogen-bond acceptors (Lipinski definition) is 9. The van der Waals surface area contributed by atoms with E-state index in [9.17, 15) is 27.3 Å². The highest BCUT2D eigenvalue weighted by Gasteiger charge is 2.57. The van der Waals surface area contributed by atoms with E-state index in [2.05, 4.69) is 19.9 Å². The highest BCUT2D eigenvalue weighted by atomic mass is 32.2. The van der Waals surface area contributed by atoms with Gasteiger partial charge in [-0.25, -0.2) is 32.2 Å². The molecule has 5 heterocycles. The maximum absolute atomic E-state index is 13.7. The molecule has 2 fully saturated rings. The zero-order valence-electron chi connectivity index (χ0n) is 22.5. The van der Waals surface area contributed by atoms with Gasteiger partial charge in [-0.2, -0.15) is 5.26 Å². The number of piperazine rings is 1. The van der Waals surface area contributed by atoms with E-state index in [0.717, 1.165) is 11.8 Å². The quantitative estimate of drug-likeness (QED) is 0.556. The molecule has 0 N–H and O–H groups in total. The van der Waals surface area contributed by atoms with Gasteiger partial charge in [0.1, 0.15) is 34.6 Å². The average Bonchev–Trinajstić information content (AvgIpc) is 3.18. The van der Waals surface area contributed by atoms with Gasteiger partial charge >= 0.3 is 0 Å². The van der Waals surface area contributed by atoms with E-state index in [1.165, 1.54) is 19.3 Å². The lowest BCUT2D eigenvalue weighted by molar-refractivity contribution is -0.137. The van der Waals surface area contributed by atoms with Crippen LogP contribution in [0.4, 0.5) is 26.2 Å². The zero-order chi connectivity index (χ0) is 28.5. The van der Waals surface area contributed by atoms with Gasteiger partial charge in [-0.3, -0.25) is 4.79 Å². The van der Waals surface area contributed by atoms with Crippen LogP contribution in [0.5, 0.6) is 0 Å². The van der Waals surface area contributed by atoms with Gasteiger partial charge in [-0.15, -0.1) is 0 Å². The molecule has 39 heavy (non-hydrogen) atoms. The van der Waals surface area contributed by atoms with Crippen LogP contribution in [0.2, 0.25) is 0 Å². The number of carbonyl (C=O) groups is 1. The van der Waals surface area contributed by atoms with Gasteiger partial charge in [-0.05, 0) is 33.3 Å². The fourth-order valence-electron chi connectivity index (χ4n) is 5.84. The molecule has 2 aromatic rings. The van der Waals surface area contributed by atoms with Crippen molar-refractivity contribution in [3.05, 3.63) is 35.3 Å². The predicted molar refractivity (Wildman–Crippen MR) is 141 cm³/mol. The number of nitriles is 1. The number of amides is 1.